The van der Waals surface area contributed by atoms with Crippen LogP contribution >= 0.6 is 0 Å². The van der Waals surface area contributed by atoms with Gasteiger partial charge in [0.1, 0.15) is 5.69 Å². The maximum absolute atomic E-state index is 14.4. The van der Waals surface area contributed by atoms with Gasteiger partial charge in [-0.3, -0.25) is 4.90 Å². The van der Waals surface area contributed by atoms with Crippen molar-refractivity contribution >= 4 is 0 Å². The number of aliphatic hydroxyl groups excluding tert-OH is 1. The molecular weight excluding hydrogens is 445 g/mol. The van der Waals surface area contributed by atoms with Crippen LogP contribution in [0.5, 0.6) is 11.6 Å². The fraction of sp³-hybridized carbons (Fsp3) is 0.464. The summed E-state index contributed by atoms with van der Waals surface area (Å²) in [7, 11) is 1.81. The third-order valence-electron chi connectivity index (χ3n) is 6.00. The van der Waals surface area contributed by atoms with Crippen LogP contribution in [0.1, 0.15) is 32.3 Å². The van der Waals surface area contributed by atoms with Gasteiger partial charge in [-0.05, 0) is 36.8 Å². The van der Waals surface area contributed by atoms with Crippen molar-refractivity contribution in [2.45, 2.75) is 39.3 Å². The number of halogens is 1. The summed E-state index contributed by atoms with van der Waals surface area (Å²) >= 11 is 0. The summed E-state index contributed by atoms with van der Waals surface area (Å²) in [5, 5.41) is 15.5. The molecule has 2 aromatic carbocycles. The minimum atomic E-state index is -0.597. The van der Waals surface area contributed by atoms with Gasteiger partial charge in [0.15, 0.2) is 11.6 Å². The molecule has 0 bridgehead atoms. The van der Waals surface area contributed by atoms with Crippen LogP contribution in [0.2, 0.25) is 0 Å². The fourth-order valence-electron chi connectivity index (χ4n) is 4.17. The largest absolute Gasteiger partial charge is 0.436 e. The molecule has 1 heterocycles. The standard InChI is InChI=1S/C28H36FN3O3/c1-20(2)18-34-19-23(33)16-32(15-21-13-14-21)17-24-27(22-9-5-4-6-10-22)30-31(3)28(24)35-26-12-8-7-11-25(26)29/h4-12,20-21,23,33H,13-19H2,1-3H3/t23-/m0/s1. The molecule has 1 aliphatic carbocycles. The molecule has 4 rings (SSSR count). The van der Waals surface area contributed by atoms with Gasteiger partial charge in [0.2, 0.25) is 5.88 Å². The van der Waals surface area contributed by atoms with Crippen molar-refractivity contribution in [1.29, 1.82) is 0 Å². The summed E-state index contributed by atoms with van der Waals surface area (Å²) < 4.78 is 27.9. The van der Waals surface area contributed by atoms with Crippen LogP contribution in [0.3, 0.4) is 0 Å². The highest BCUT2D eigenvalue weighted by atomic mass is 19.1. The van der Waals surface area contributed by atoms with E-state index in [0.29, 0.717) is 44.0 Å². The number of hydrogen-bond donors (Lipinski definition) is 1. The van der Waals surface area contributed by atoms with Crippen LogP contribution < -0.4 is 4.74 Å². The zero-order valence-corrected chi connectivity index (χ0v) is 20.9. The second-order valence-electron chi connectivity index (χ2n) is 9.88. The summed E-state index contributed by atoms with van der Waals surface area (Å²) in [6.45, 7) is 7.00. The number of hydrogen-bond acceptors (Lipinski definition) is 5. The first-order valence-corrected chi connectivity index (χ1v) is 12.4. The van der Waals surface area contributed by atoms with Crippen LogP contribution in [-0.2, 0) is 18.3 Å². The van der Waals surface area contributed by atoms with E-state index >= 15 is 0 Å². The number of rotatable bonds is 13. The summed E-state index contributed by atoms with van der Waals surface area (Å²) in [4.78, 5) is 2.25. The number of aromatic nitrogens is 2. The van der Waals surface area contributed by atoms with E-state index in [1.165, 1.54) is 18.9 Å². The van der Waals surface area contributed by atoms with E-state index in [0.717, 1.165) is 23.4 Å². The maximum Gasteiger partial charge on any atom is 0.222 e. The molecule has 1 aromatic heterocycles. The van der Waals surface area contributed by atoms with Crippen molar-refractivity contribution < 1.29 is 19.0 Å². The Morgan fingerprint density at radius 3 is 2.49 bits per heavy atom. The molecule has 1 saturated carbocycles. The molecule has 1 aliphatic rings. The minimum Gasteiger partial charge on any atom is -0.436 e. The highest BCUT2D eigenvalue weighted by Crippen LogP contribution is 2.36. The Balaban J connectivity index is 1.62. The third kappa shape index (κ3) is 7.13. The lowest BCUT2D eigenvalue weighted by Crippen LogP contribution is -2.36. The van der Waals surface area contributed by atoms with E-state index in [-0.39, 0.29) is 5.75 Å². The molecule has 1 N–H and O–H groups in total. The predicted molar refractivity (Wildman–Crippen MR) is 135 cm³/mol. The zero-order valence-electron chi connectivity index (χ0n) is 20.9. The van der Waals surface area contributed by atoms with Gasteiger partial charge in [-0.15, -0.1) is 0 Å². The minimum absolute atomic E-state index is 0.159. The van der Waals surface area contributed by atoms with Gasteiger partial charge in [-0.25, -0.2) is 9.07 Å². The Morgan fingerprint density at radius 1 is 1.09 bits per heavy atom. The average Bonchev–Trinajstić information content (AvgIpc) is 3.59. The Kier molecular flexibility index (Phi) is 8.55. The number of ether oxygens (including phenoxy) is 2. The summed E-state index contributed by atoms with van der Waals surface area (Å²) in [6, 6.07) is 16.3. The Morgan fingerprint density at radius 2 is 1.80 bits per heavy atom. The number of aliphatic hydroxyl groups is 1. The molecule has 7 heteroatoms. The lowest BCUT2D eigenvalue weighted by atomic mass is 10.1. The average molecular weight is 482 g/mol. The molecule has 0 amide bonds. The molecule has 1 atom stereocenters. The molecule has 1 fully saturated rings. The second-order valence-corrected chi connectivity index (χ2v) is 9.88. The first kappa shape index (κ1) is 25.4. The predicted octanol–water partition coefficient (Wildman–Crippen LogP) is 5.26. The molecule has 35 heavy (non-hydrogen) atoms. The number of aryl methyl sites for hydroxylation is 1. The van der Waals surface area contributed by atoms with Gasteiger partial charge < -0.3 is 14.6 Å². The van der Waals surface area contributed by atoms with Crippen molar-refractivity contribution in [2.75, 3.05) is 26.3 Å². The van der Waals surface area contributed by atoms with Crippen LogP contribution in [0.15, 0.2) is 54.6 Å². The van der Waals surface area contributed by atoms with Crippen LogP contribution in [0, 0.1) is 17.7 Å². The SMILES string of the molecule is CC(C)COC[C@@H](O)CN(Cc1c(-c2ccccc2)nn(C)c1Oc1ccccc1F)CC1CC1. The first-order valence-electron chi connectivity index (χ1n) is 12.4. The Bertz CT molecular complexity index is 1080. The van der Waals surface area contributed by atoms with Crippen LogP contribution in [-0.4, -0.2) is 52.2 Å². The van der Waals surface area contributed by atoms with Crippen molar-refractivity contribution in [1.82, 2.24) is 14.7 Å². The molecular formula is C28H36FN3O3. The molecule has 0 aliphatic heterocycles. The molecule has 0 unspecified atom stereocenters. The van der Waals surface area contributed by atoms with Gasteiger partial charge in [0.25, 0.3) is 0 Å². The van der Waals surface area contributed by atoms with E-state index in [2.05, 4.69) is 18.7 Å². The van der Waals surface area contributed by atoms with Gasteiger partial charge in [0, 0.05) is 38.9 Å². The summed E-state index contributed by atoms with van der Waals surface area (Å²) in [5.74, 6) is 1.29. The lowest BCUT2D eigenvalue weighted by Gasteiger charge is -2.26. The molecule has 3 aromatic rings. The summed E-state index contributed by atoms with van der Waals surface area (Å²) in [6.07, 6.45) is 1.81. The molecule has 6 nitrogen and oxygen atoms in total. The van der Waals surface area contributed by atoms with Gasteiger partial charge in [-0.2, -0.15) is 5.10 Å². The normalized spacial score (nSPS) is 14.6. The van der Waals surface area contributed by atoms with Crippen LogP contribution in [0.4, 0.5) is 4.39 Å². The van der Waals surface area contributed by atoms with Crippen molar-refractivity contribution in [3.05, 3.63) is 66.0 Å². The van der Waals surface area contributed by atoms with Crippen LogP contribution in [0.25, 0.3) is 11.3 Å². The third-order valence-corrected chi connectivity index (χ3v) is 6.00. The monoisotopic (exact) mass is 481 g/mol. The highest BCUT2D eigenvalue weighted by molar-refractivity contribution is 5.65. The fourth-order valence-corrected chi connectivity index (χ4v) is 4.17. The van der Waals surface area contributed by atoms with E-state index in [9.17, 15) is 9.50 Å². The van der Waals surface area contributed by atoms with Crippen molar-refractivity contribution in [3.8, 4) is 22.9 Å². The van der Waals surface area contributed by atoms with E-state index in [4.69, 9.17) is 14.6 Å². The van der Waals surface area contributed by atoms with Crippen molar-refractivity contribution in [2.24, 2.45) is 18.9 Å². The van der Waals surface area contributed by atoms with Crippen molar-refractivity contribution in [3.63, 3.8) is 0 Å². The van der Waals surface area contributed by atoms with Gasteiger partial charge >= 0.3 is 0 Å². The van der Waals surface area contributed by atoms with E-state index in [1.807, 2.05) is 37.4 Å². The molecule has 0 saturated heterocycles. The Labute approximate surface area is 207 Å². The first-order chi connectivity index (χ1) is 16.9. The van der Waals surface area contributed by atoms with E-state index < -0.39 is 11.9 Å². The maximum atomic E-state index is 14.4. The smallest absolute Gasteiger partial charge is 0.222 e. The van der Waals surface area contributed by atoms with Gasteiger partial charge in [-0.1, -0.05) is 56.3 Å². The number of nitrogens with zero attached hydrogens (tertiary/aromatic N) is 3. The molecule has 0 radical (unpaired) electrons. The topological polar surface area (TPSA) is 59.8 Å². The Hall–Kier alpha value is -2.74. The number of benzene rings is 2. The summed E-state index contributed by atoms with van der Waals surface area (Å²) in [5.41, 5.74) is 2.64. The quantitative estimate of drug-likeness (QED) is 0.361. The molecule has 0 spiro atoms. The molecule has 188 valence electrons. The second kappa shape index (κ2) is 11.8. The number of para-hydroxylation sites is 1. The zero-order chi connectivity index (χ0) is 24.8. The van der Waals surface area contributed by atoms with E-state index in [1.54, 1.807) is 22.9 Å². The highest BCUT2D eigenvalue weighted by Gasteiger charge is 2.29. The lowest BCUT2D eigenvalue weighted by molar-refractivity contribution is 0.00613. The van der Waals surface area contributed by atoms with Gasteiger partial charge in [0.05, 0.1) is 18.3 Å².